The molecular formula is C18H11Cl2F4N3O3. The molecule has 30 heavy (non-hydrogen) atoms. The molecule has 3 aromatic rings. The number of alkyl halides is 3. The minimum Gasteiger partial charge on any atom is -0.479 e. The highest BCUT2D eigenvalue weighted by Crippen LogP contribution is 2.37. The van der Waals surface area contributed by atoms with Gasteiger partial charge in [-0.25, -0.2) is 14.4 Å². The van der Waals surface area contributed by atoms with Crippen molar-refractivity contribution in [2.45, 2.75) is 12.6 Å². The second-order valence-corrected chi connectivity index (χ2v) is 6.61. The van der Waals surface area contributed by atoms with E-state index in [1.165, 1.54) is 12.3 Å². The normalized spacial score (nSPS) is 11.4. The molecule has 158 valence electrons. The third-order valence-electron chi connectivity index (χ3n) is 3.65. The van der Waals surface area contributed by atoms with Crippen LogP contribution in [0.5, 0.6) is 23.5 Å². The molecule has 12 heteroatoms. The first-order valence-electron chi connectivity index (χ1n) is 8.17. The van der Waals surface area contributed by atoms with E-state index >= 15 is 0 Å². The molecule has 0 radical (unpaired) electrons. The quantitative estimate of drug-likeness (QED) is 0.489. The first-order valence-corrected chi connectivity index (χ1v) is 8.92. The van der Waals surface area contributed by atoms with Crippen LogP contribution in [-0.2, 0) is 12.6 Å². The van der Waals surface area contributed by atoms with Gasteiger partial charge in [-0.05, 0) is 29.8 Å². The topological polar surface area (TPSA) is 77.4 Å². The number of aromatic nitrogens is 3. The third kappa shape index (κ3) is 5.39. The van der Waals surface area contributed by atoms with E-state index in [0.29, 0.717) is 11.6 Å². The average Bonchev–Trinajstić information content (AvgIpc) is 2.67. The molecule has 2 heterocycles. The number of hydrogen-bond donors (Lipinski definition) is 1. The summed E-state index contributed by atoms with van der Waals surface area (Å²) < 4.78 is 63.4. The lowest BCUT2D eigenvalue weighted by atomic mass is 10.2. The lowest BCUT2D eigenvalue weighted by Crippen LogP contribution is -2.06. The molecule has 1 aromatic carbocycles. The fourth-order valence-corrected chi connectivity index (χ4v) is 2.65. The minimum absolute atomic E-state index is 0.0314. The van der Waals surface area contributed by atoms with Gasteiger partial charge in [0.25, 0.3) is 5.88 Å². The molecule has 0 bridgehead atoms. The van der Waals surface area contributed by atoms with Crippen molar-refractivity contribution in [3.05, 3.63) is 63.6 Å². The smallest absolute Gasteiger partial charge is 0.417 e. The molecule has 0 unspecified atom stereocenters. The van der Waals surface area contributed by atoms with Gasteiger partial charge in [0.05, 0.1) is 23.4 Å². The predicted octanol–water partition coefficient (Wildman–Crippen LogP) is 5.46. The highest BCUT2D eigenvalue weighted by atomic mass is 35.5. The maximum Gasteiger partial charge on any atom is 0.417 e. The zero-order valence-electron chi connectivity index (χ0n) is 14.8. The van der Waals surface area contributed by atoms with Crippen molar-refractivity contribution in [3.8, 4) is 23.5 Å². The van der Waals surface area contributed by atoms with E-state index in [1.54, 1.807) is 0 Å². The molecule has 2 aromatic heterocycles. The standard InChI is InChI=1S/C18H11Cl2F4N3O3/c19-12-2-1-10(6-11(12)18(22,23)24)30-16-14(21)5-9(7-25-16)3-4-29-15-13(20)8-26-17(28)27-15/h1-2,5-8H,3-4H2,(H,26,27,28). The van der Waals surface area contributed by atoms with Gasteiger partial charge in [0.1, 0.15) is 10.8 Å². The summed E-state index contributed by atoms with van der Waals surface area (Å²) in [4.78, 5) is 10.9. The fraction of sp³-hybridized carbons (Fsp3) is 0.167. The molecule has 0 saturated carbocycles. The molecular weight excluding hydrogens is 453 g/mol. The Morgan fingerprint density at radius 2 is 1.77 bits per heavy atom. The van der Waals surface area contributed by atoms with Crippen LogP contribution in [-0.4, -0.2) is 26.7 Å². The van der Waals surface area contributed by atoms with Crippen LogP contribution in [0.25, 0.3) is 0 Å². The van der Waals surface area contributed by atoms with Crippen LogP contribution < -0.4 is 9.47 Å². The van der Waals surface area contributed by atoms with Crippen molar-refractivity contribution in [1.82, 2.24) is 15.0 Å². The van der Waals surface area contributed by atoms with Crippen molar-refractivity contribution >= 4 is 23.2 Å². The van der Waals surface area contributed by atoms with Gasteiger partial charge < -0.3 is 14.6 Å². The Morgan fingerprint density at radius 3 is 2.47 bits per heavy atom. The van der Waals surface area contributed by atoms with E-state index < -0.39 is 34.5 Å². The molecule has 3 rings (SSSR count). The van der Waals surface area contributed by atoms with Crippen molar-refractivity contribution in [3.63, 3.8) is 0 Å². The Bertz CT molecular complexity index is 1070. The summed E-state index contributed by atoms with van der Waals surface area (Å²) in [6.45, 7) is 0.0314. The SMILES string of the molecule is Oc1ncc(Cl)c(OCCc2cnc(Oc3ccc(Cl)c(C(F)(F)F)c3)c(F)c2)n1. The molecule has 0 fully saturated rings. The van der Waals surface area contributed by atoms with Crippen LogP contribution >= 0.6 is 23.2 Å². The molecule has 0 aliphatic rings. The Hall–Kier alpha value is -2.85. The Kier molecular flexibility index (Phi) is 6.47. The number of aromatic hydroxyl groups is 1. The monoisotopic (exact) mass is 463 g/mol. The highest BCUT2D eigenvalue weighted by molar-refractivity contribution is 6.31. The van der Waals surface area contributed by atoms with Crippen LogP contribution in [0.2, 0.25) is 10.0 Å². The molecule has 0 aliphatic heterocycles. The summed E-state index contributed by atoms with van der Waals surface area (Å²) >= 11 is 11.4. The average molecular weight is 464 g/mol. The number of rotatable bonds is 6. The molecule has 6 nitrogen and oxygen atoms in total. The van der Waals surface area contributed by atoms with Crippen molar-refractivity contribution < 1.29 is 32.1 Å². The first kappa shape index (κ1) is 21.8. The van der Waals surface area contributed by atoms with Gasteiger partial charge in [0, 0.05) is 12.6 Å². The van der Waals surface area contributed by atoms with Gasteiger partial charge in [-0.1, -0.05) is 23.2 Å². The van der Waals surface area contributed by atoms with Crippen molar-refractivity contribution in [1.29, 1.82) is 0 Å². The minimum atomic E-state index is -4.68. The van der Waals surface area contributed by atoms with Gasteiger partial charge in [-0.3, -0.25) is 0 Å². The number of pyridine rings is 1. The van der Waals surface area contributed by atoms with E-state index in [2.05, 4.69) is 15.0 Å². The molecule has 0 atom stereocenters. The zero-order chi connectivity index (χ0) is 21.9. The predicted molar refractivity (Wildman–Crippen MR) is 98.6 cm³/mol. The lowest BCUT2D eigenvalue weighted by molar-refractivity contribution is -0.137. The molecule has 0 saturated heterocycles. The van der Waals surface area contributed by atoms with Crippen molar-refractivity contribution in [2.24, 2.45) is 0 Å². The Labute approximate surface area is 177 Å². The van der Waals surface area contributed by atoms with Crippen LogP contribution in [0.4, 0.5) is 17.6 Å². The van der Waals surface area contributed by atoms with E-state index in [-0.39, 0.29) is 29.7 Å². The summed E-state index contributed by atoms with van der Waals surface area (Å²) in [5.41, 5.74) is -0.688. The molecule has 0 aliphatic carbocycles. The summed E-state index contributed by atoms with van der Waals surface area (Å²) in [5.74, 6) is -1.69. The Balaban J connectivity index is 1.66. The van der Waals surface area contributed by atoms with Crippen LogP contribution in [0.3, 0.4) is 0 Å². The lowest BCUT2D eigenvalue weighted by Gasteiger charge is -2.12. The van der Waals surface area contributed by atoms with Crippen LogP contribution in [0.15, 0.2) is 36.7 Å². The van der Waals surface area contributed by atoms with E-state index in [0.717, 1.165) is 18.3 Å². The number of hydrogen-bond acceptors (Lipinski definition) is 6. The summed E-state index contributed by atoms with van der Waals surface area (Å²) in [7, 11) is 0. The number of nitrogens with zero attached hydrogens (tertiary/aromatic N) is 3. The number of halogens is 6. The van der Waals surface area contributed by atoms with E-state index in [1.807, 2.05) is 0 Å². The highest BCUT2D eigenvalue weighted by Gasteiger charge is 2.33. The van der Waals surface area contributed by atoms with Gasteiger partial charge in [-0.15, -0.1) is 0 Å². The number of benzene rings is 1. The summed E-state index contributed by atoms with van der Waals surface area (Å²) in [5, 5.41) is 8.80. The second kappa shape index (κ2) is 8.88. The summed E-state index contributed by atoms with van der Waals surface area (Å²) in [6, 6.07) is 3.41. The Morgan fingerprint density at radius 1 is 1.00 bits per heavy atom. The molecule has 0 spiro atoms. The zero-order valence-corrected chi connectivity index (χ0v) is 16.3. The van der Waals surface area contributed by atoms with Crippen LogP contribution in [0, 0.1) is 5.82 Å². The third-order valence-corrected chi connectivity index (χ3v) is 4.24. The second-order valence-electron chi connectivity index (χ2n) is 5.79. The van der Waals surface area contributed by atoms with E-state index in [9.17, 15) is 22.7 Å². The maximum atomic E-state index is 14.3. The fourth-order valence-electron chi connectivity index (χ4n) is 2.28. The van der Waals surface area contributed by atoms with Gasteiger partial charge in [0.2, 0.25) is 5.88 Å². The van der Waals surface area contributed by atoms with E-state index in [4.69, 9.17) is 32.7 Å². The maximum absolute atomic E-state index is 14.3. The summed E-state index contributed by atoms with van der Waals surface area (Å²) in [6.07, 6.45) is -2.05. The largest absolute Gasteiger partial charge is 0.479 e. The van der Waals surface area contributed by atoms with Gasteiger partial charge in [0.15, 0.2) is 5.82 Å². The van der Waals surface area contributed by atoms with Gasteiger partial charge in [-0.2, -0.15) is 18.2 Å². The van der Waals surface area contributed by atoms with Crippen molar-refractivity contribution in [2.75, 3.05) is 6.61 Å². The number of ether oxygens (including phenoxy) is 2. The van der Waals surface area contributed by atoms with Crippen LogP contribution in [0.1, 0.15) is 11.1 Å². The first-order chi connectivity index (χ1) is 14.1. The molecule has 0 amide bonds. The molecule has 1 N–H and O–H groups in total. The van der Waals surface area contributed by atoms with Gasteiger partial charge >= 0.3 is 12.2 Å².